The number of alkyl halides is 2. The highest BCUT2D eigenvalue weighted by Gasteiger charge is 2.47. The van der Waals surface area contributed by atoms with Crippen LogP contribution in [-0.4, -0.2) is 95.3 Å². The van der Waals surface area contributed by atoms with Crippen LogP contribution < -0.4 is 16.0 Å². The number of nitrogens with zero attached hydrogens (tertiary/aromatic N) is 2. The number of ketones is 1. The Labute approximate surface area is 297 Å². The summed E-state index contributed by atoms with van der Waals surface area (Å²) in [6.07, 6.45) is -2.27. The van der Waals surface area contributed by atoms with Crippen molar-refractivity contribution in [2.75, 3.05) is 13.2 Å². The molecule has 1 aromatic rings. The van der Waals surface area contributed by atoms with Gasteiger partial charge in [-0.05, 0) is 54.7 Å². The van der Waals surface area contributed by atoms with Gasteiger partial charge in [-0.1, -0.05) is 58.7 Å². The third-order valence-electron chi connectivity index (χ3n) is 9.66. The number of carbonyl (C=O) groups is 6. The number of fused-ring (bicyclic) bond motifs is 3. The molecule has 13 nitrogen and oxygen atoms in total. The van der Waals surface area contributed by atoms with Gasteiger partial charge in [0.1, 0.15) is 24.2 Å². The smallest absolute Gasteiger partial charge is 0.410 e. The number of carbonyl (C=O) groups excluding carboxylic acids is 6. The normalized spacial score (nSPS) is 23.1. The number of benzene rings is 1. The Balaban J connectivity index is 1.62. The molecule has 51 heavy (non-hydrogen) atoms. The molecule has 5 atom stereocenters. The standard InChI is InChI=1S/C36H51F2N5O8/c1-6-21(2)39-32(46)29(44)26(17-28(37)38)40-31(45)27-16-24-19-43(27)33(47)30(36(3,4)5)41-34(48)50-15-10-8-7-9-12-22-13-11-14-23-18-42(20-25(22)23)35(49)51-24/h11,13-14,21,24,26-28,30H,6-10,12,15-20H2,1-5H3,(H,39,46)(H,40,45)(H,41,48)/t21?,24-,26?,27+,30-/m1/s1. The van der Waals surface area contributed by atoms with Crippen LogP contribution in [0.5, 0.6) is 0 Å². The molecule has 0 aromatic heterocycles. The quantitative estimate of drug-likeness (QED) is 0.340. The number of Topliss-reactive ketones (excluding diaryl/α,β-unsaturated/α-hetero) is 1. The zero-order valence-corrected chi connectivity index (χ0v) is 30.1. The van der Waals surface area contributed by atoms with Crippen LogP contribution >= 0.6 is 0 Å². The van der Waals surface area contributed by atoms with Crippen LogP contribution in [0.2, 0.25) is 0 Å². The average molecular weight is 720 g/mol. The highest BCUT2D eigenvalue weighted by Crippen LogP contribution is 2.31. The van der Waals surface area contributed by atoms with Crippen molar-refractivity contribution < 1.29 is 47.0 Å². The molecule has 3 aliphatic heterocycles. The van der Waals surface area contributed by atoms with Crippen molar-refractivity contribution >= 4 is 35.7 Å². The van der Waals surface area contributed by atoms with E-state index in [1.54, 1.807) is 39.5 Å². The van der Waals surface area contributed by atoms with Crippen molar-refractivity contribution in [1.82, 2.24) is 25.8 Å². The molecule has 4 rings (SSSR count). The fraction of sp³-hybridized carbons (Fsp3) is 0.667. The van der Waals surface area contributed by atoms with Crippen molar-refractivity contribution in [1.29, 1.82) is 0 Å². The van der Waals surface area contributed by atoms with E-state index in [1.165, 1.54) is 0 Å². The van der Waals surface area contributed by atoms with E-state index in [0.29, 0.717) is 25.9 Å². The first-order chi connectivity index (χ1) is 24.1. The Morgan fingerprint density at radius 3 is 2.41 bits per heavy atom. The number of rotatable bonds is 8. The number of halogens is 2. The Hall–Kier alpha value is -4.30. The Morgan fingerprint density at radius 2 is 1.73 bits per heavy atom. The van der Waals surface area contributed by atoms with Crippen LogP contribution in [0.25, 0.3) is 0 Å². The largest absolute Gasteiger partial charge is 0.450 e. The number of hydrogen-bond donors (Lipinski definition) is 3. The Bertz CT molecular complexity index is 1470. The molecule has 4 bridgehead atoms. The molecule has 0 aliphatic carbocycles. The predicted molar refractivity (Wildman–Crippen MR) is 181 cm³/mol. The SMILES string of the molecule is CCC(C)NC(=O)C(=O)C(CC(F)F)NC(=O)[C@@H]1C[C@@H]2CN1C(=O)[C@H](C(C)(C)C)NC(=O)OCCCCCCc1cccc3c1CN(C3)C(=O)O2. The lowest BCUT2D eigenvalue weighted by Gasteiger charge is -2.35. The molecule has 3 heterocycles. The second-order valence-electron chi connectivity index (χ2n) is 14.7. The van der Waals surface area contributed by atoms with Gasteiger partial charge in [0.15, 0.2) is 0 Å². The highest BCUT2D eigenvalue weighted by molar-refractivity contribution is 6.38. The van der Waals surface area contributed by atoms with Crippen LogP contribution in [0.4, 0.5) is 18.4 Å². The van der Waals surface area contributed by atoms with Crippen molar-refractivity contribution in [3.63, 3.8) is 0 Å². The Morgan fingerprint density at radius 1 is 1.02 bits per heavy atom. The van der Waals surface area contributed by atoms with Gasteiger partial charge in [-0.3, -0.25) is 24.1 Å². The van der Waals surface area contributed by atoms with E-state index in [9.17, 15) is 37.5 Å². The molecular formula is C36H51F2N5O8. The minimum Gasteiger partial charge on any atom is -0.450 e. The van der Waals surface area contributed by atoms with Crippen molar-refractivity contribution in [2.45, 2.75) is 136 Å². The molecular weight excluding hydrogens is 668 g/mol. The van der Waals surface area contributed by atoms with Crippen molar-refractivity contribution in [3.8, 4) is 0 Å². The molecule has 2 unspecified atom stereocenters. The first-order valence-electron chi connectivity index (χ1n) is 17.8. The monoisotopic (exact) mass is 719 g/mol. The van der Waals surface area contributed by atoms with Crippen LogP contribution in [0.1, 0.15) is 96.3 Å². The third kappa shape index (κ3) is 10.4. The zero-order valence-electron chi connectivity index (χ0n) is 30.1. The van der Waals surface area contributed by atoms with Gasteiger partial charge < -0.3 is 30.3 Å². The summed E-state index contributed by atoms with van der Waals surface area (Å²) in [5.74, 6) is -4.06. The molecule has 0 radical (unpaired) electrons. The molecule has 15 heteroatoms. The van der Waals surface area contributed by atoms with E-state index in [-0.39, 0.29) is 19.6 Å². The number of aryl methyl sites for hydroxylation is 1. The number of nitrogens with one attached hydrogen (secondary N) is 3. The molecule has 3 N–H and O–H groups in total. The zero-order chi connectivity index (χ0) is 37.5. The fourth-order valence-electron chi connectivity index (χ4n) is 6.59. The van der Waals surface area contributed by atoms with E-state index >= 15 is 0 Å². The summed E-state index contributed by atoms with van der Waals surface area (Å²) in [4.78, 5) is 82.7. The second-order valence-corrected chi connectivity index (χ2v) is 14.7. The van der Waals surface area contributed by atoms with Crippen molar-refractivity contribution in [2.24, 2.45) is 5.41 Å². The molecule has 5 amide bonds. The molecule has 282 valence electrons. The van der Waals surface area contributed by atoms with Gasteiger partial charge in [-0.2, -0.15) is 0 Å². The summed E-state index contributed by atoms with van der Waals surface area (Å²) in [6, 6.07) is 1.08. The van der Waals surface area contributed by atoms with Crippen LogP contribution in [0, 0.1) is 5.41 Å². The lowest BCUT2D eigenvalue weighted by molar-refractivity contribution is -0.144. The van der Waals surface area contributed by atoms with Crippen LogP contribution in [0.3, 0.4) is 0 Å². The maximum Gasteiger partial charge on any atom is 0.410 e. The van der Waals surface area contributed by atoms with Gasteiger partial charge >= 0.3 is 12.2 Å². The van der Waals surface area contributed by atoms with Gasteiger partial charge in [0, 0.05) is 32.0 Å². The average Bonchev–Trinajstić information content (AvgIpc) is 3.70. The Kier molecular flexibility index (Phi) is 13.4. The van der Waals surface area contributed by atoms with E-state index in [0.717, 1.165) is 47.3 Å². The van der Waals surface area contributed by atoms with Crippen LogP contribution in [-0.2, 0) is 48.2 Å². The maximum atomic E-state index is 14.2. The minimum atomic E-state index is -3.04. The van der Waals surface area contributed by atoms with Gasteiger partial charge in [0.2, 0.25) is 24.0 Å². The summed E-state index contributed by atoms with van der Waals surface area (Å²) in [5.41, 5.74) is 2.32. The van der Waals surface area contributed by atoms with E-state index in [1.807, 2.05) is 18.2 Å². The van der Waals surface area contributed by atoms with Gasteiger partial charge in [0.25, 0.3) is 5.91 Å². The molecule has 1 fully saturated rings. The van der Waals surface area contributed by atoms with Crippen LogP contribution in [0.15, 0.2) is 18.2 Å². The lowest BCUT2D eigenvalue weighted by Crippen LogP contribution is -2.59. The summed E-state index contributed by atoms with van der Waals surface area (Å²) in [5, 5.41) is 7.33. The van der Waals surface area contributed by atoms with Gasteiger partial charge in [-0.25, -0.2) is 18.4 Å². The first kappa shape index (κ1) is 39.5. The summed E-state index contributed by atoms with van der Waals surface area (Å²) >= 11 is 0. The minimum absolute atomic E-state index is 0.142. The van der Waals surface area contributed by atoms with E-state index < -0.39 is 84.2 Å². The number of hydrogen-bond acceptors (Lipinski definition) is 8. The lowest BCUT2D eigenvalue weighted by atomic mass is 9.85. The van der Waals surface area contributed by atoms with Crippen molar-refractivity contribution in [3.05, 3.63) is 34.9 Å². The second kappa shape index (κ2) is 17.3. The fourth-order valence-corrected chi connectivity index (χ4v) is 6.59. The maximum absolute atomic E-state index is 14.2. The van der Waals surface area contributed by atoms with Gasteiger partial charge in [-0.15, -0.1) is 0 Å². The number of cyclic esters (lactones) is 1. The topological polar surface area (TPSA) is 163 Å². The number of alkyl carbamates (subject to hydrolysis) is 1. The number of ether oxygens (including phenoxy) is 2. The summed E-state index contributed by atoms with van der Waals surface area (Å²) in [7, 11) is 0. The molecule has 0 spiro atoms. The molecule has 1 aromatic carbocycles. The van der Waals surface area contributed by atoms with E-state index in [2.05, 4.69) is 16.0 Å². The molecule has 0 saturated carbocycles. The third-order valence-corrected chi connectivity index (χ3v) is 9.66. The molecule has 3 aliphatic rings. The highest BCUT2D eigenvalue weighted by atomic mass is 19.3. The predicted octanol–water partition coefficient (Wildman–Crippen LogP) is 3.99. The summed E-state index contributed by atoms with van der Waals surface area (Å²) < 4.78 is 38.5. The number of amides is 5. The van der Waals surface area contributed by atoms with E-state index in [4.69, 9.17) is 9.47 Å². The van der Waals surface area contributed by atoms with Gasteiger partial charge in [0.05, 0.1) is 13.2 Å². The summed E-state index contributed by atoms with van der Waals surface area (Å²) in [6.45, 7) is 9.10. The molecule has 1 saturated heterocycles. The first-order valence-corrected chi connectivity index (χ1v) is 17.8.